The molecule has 3 atom stereocenters. The monoisotopic (exact) mass is 425 g/mol. The summed E-state index contributed by atoms with van der Waals surface area (Å²) in [4.78, 5) is 19.1. The molecule has 166 valence electrons. The Morgan fingerprint density at radius 3 is 2.68 bits per heavy atom. The average Bonchev–Trinajstić information content (AvgIpc) is 3.42. The predicted molar refractivity (Wildman–Crippen MR) is 118 cm³/mol. The van der Waals surface area contributed by atoms with Crippen molar-refractivity contribution >= 4 is 11.7 Å². The Balaban J connectivity index is 1.17. The number of hydrazine groups is 1. The number of ether oxygens (including phenoxy) is 1. The van der Waals surface area contributed by atoms with Crippen LogP contribution in [0, 0.1) is 0 Å². The Kier molecular flexibility index (Phi) is 5.45. The summed E-state index contributed by atoms with van der Waals surface area (Å²) in [7, 11) is 3.79. The summed E-state index contributed by atoms with van der Waals surface area (Å²) in [5.74, 6) is 2.03. The summed E-state index contributed by atoms with van der Waals surface area (Å²) in [5.41, 5.74) is 8.15. The van der Waals surface area contributed by atoms with Gasteiger partial charge in [-0.2, -0.15) is 5.10 Å². The van der Waals surface area contributed by atoms with Crippen molar-refractivity contribution in [2.45, 2.75) is 37.5 Å². The Morgan fingerprint density at radius 2 is 1.94 bits per heavy atom. The summed E-state index contributed by atoms with van der Waals surface area (Å²) in [5, 5.41) is 6.76. The number of carbonyl (C=O) groups is 1. The van der Waals surface area contributed by atoms with Crippen molar-refractivity contribution in [3.63, 3.8) is 0 Å². The highest BCUT2D eigenvalue weighted by Crippen LogP contribution is 2.34. The minimum absolute atomic E-state index is 0.0782. The number of amidine groups is 1. The van der Waals surface area contributed by atoms with Gasteiger partial charge in [0.05, 0.1) is 19.2 Å². The Hall–Kier alpha value is -2.78. The fraction of sp³-hybridized carbons (Fsp3) is 0.545. The minimum atomic E-state index is 0.0782. The lowest BCUT2D eigenvalue weighted by Gasteiger charge is -2.37. The van der Waals surface area contributed by atoms with Crippen LogP contribution >= 0.6 is 0 Å². The molecule has 0 aromatic heterocycles. The molecule has 0 bridgehead atoms. The molecule has 3 unspecified atom stereocenters. The lowest BCUT2D eigenvalue weighted by Crippen LogP contribution is -2.54. The maximum atomic E-state index is 12.6. The number of rotatable bonds is 5. The molecule has 31 heavy (non-hydrogen) atoms. The van der Waals surface area contributed by atoms with Crippen LogP contribution in [0.5, 0.6) is 5.75 Å². The number of benzene rings is 1. The smallest absolute Gasteiger partial charge is 0.223 e. The van der Waals surface area contributed by atoms with Crippen LogP contribution in [0.3, 0.4) is 0 Å². The van der Waals surface area contributed by atoms with E-state index < -0.39 is 0 Å². The van der Waals surface area contributed by atoms with Crippen LogP contribution in [0.4, 0.5) is 0 Å². The molecule has 2 saturated heterocycles. The molecule has 4 aliphatic rings. The zero-order valence-electron chi connectivity index (χ0n) is 18.2. The van der Waals surface area contributed by atoms with Gasteiger partial charge in [0.25, 0.3) is 0 Å². The van der Waals surface area contributed by atoms with Crippen LogP contribution in [0.15, 0.2) is 41.8 Å². The maximum Gasteiger partial charge on any atom is 0.223 e. The number of nitrogens with one attached hydrogen (secondary N) is 2. The molecule has 1 aromatic carbocycles. The van der Waals surface area contributed by atoms with Crippen molar-refractivity contribution in [3.05, 3.63) is 42.2 Å². The van der Waals surface area contributed by atoms with Crippen LogP contribution in [0.2, 0.25) is 0 Å². The zero-order chi connectivity index (χ0) is 21.4. The first kappa shape index (κ1) is 20.1. The number of hydrogen-bond acceptors (Lipinski definition) is 8. The van der Waals surface area contributed by atoms with Gasteiger partial charge in [-0.05, 0) is 31.2 Å². The van der Waals surface area contributed by atoms with Crippen molar-refractivity contribution in [2.24, 2.45) is 5.10 Å². The van der Waals surface area contributed by atoms with E-state index in [9.17, 15) is 4.79 Å². The van der Waals surface area contributed by atoms with Crippen molar-refractivity contribution in [1.82, 2.24) is 30.6 Å². The van der Waals surface area contributed by atoms with E-state index in [0.717, 1.165) is 44.2 Å². The lowest BCUT2D eigenvalue weighted by atomic mass is 9.99. The molecule has 2 N–H and O–H groups in total. The maximum absolute atomic E-state index is 12.6. The van der Waals surface area contributed by atoms with Gasteiger partial charge in [0.15, 0.2) is 0 Å². The van der Waals surface area contributed by atoms with Gasteiger partial charge in [-0.3, -0.25) is 10.2 Å². The van der Waals surface area contributed by atoms with Gasteiger partial charge >= 0.3 is 0 Å². The van der Waals surface area contributed by atoms with E-state index in [2.05, 4.69) is 62.3 Å². The molecule has 0 spiro atoms. The standard InChI is InChI=1S/C22H31N7O2/c1-26-9-11-27(12-10-26)21(30)8-7-20-23-24-22-19-15-18(25-29(19)14-13-28(20)22)16-3-5-17(31-2)6-4-16/h3-6,13-14,18-19,22,24-25H,7-12,15H2,1-2H3. The number of nitrogens with zero attached hydrogens (tertiary/aromatic N) is 5. The largest absolute Gasteiger partial charge is 0.497 e. The van der Waals surface area contributed by atoms with Crippen LogP contribution in [0.25, 0.3) is 0 Å². The number of piperazine rings is 1. The van der Waals surface area contributed by atoms with E-state index >= 15 is 0 Å². The summed E-state index contributed by atoms with van der Waals surface area (Å²) in [6.07, 6.45) is 6.34. The SMILES string of the molecule is COc1ccc(C2CC3C4NN=C(CCC(=O)N5CCN(C)CC5)N4C=CN3N2)cc1. The second-order valence-electron chi connectivity index (χ2n) is 8.66. The van der Waals surface area contributed by atoms with Crippen LogP contribution in [-0.2, 0) is 4.79 Å². The van der Waals surface area contributed by atoms with Crippen molar-refractivity contribution in [2.75, 3.05) is 40.3 Å². The first-order valence-electron chi connectivity index (χ1n) is 11.1. The topological polar surface area (TPSA) is 75.7 Å². The molecule has 4 heterocycles. The molecule has 0 radical (unpaired) electrons. The molecule has 4 aliphatic heterocycles. The quantitative estimate of drug-likeness (QED) is 0.726. The number of hydrazone groups is 1. The molecular weight excluding hydrogens is 394 g/mol. The molecule has 9 nitrogen and oxygen atoms in total. The van der Waals surface area contributed by atoms with E-state index in [1.165, 1.54) is 5.56 Å². The normalized spacial score (nSPS) is 27.6. The highest BCUT2D eigenvalue weighted by molar-refractivity contribution is 5.89. The van der Waals surface area contributed by atoms with Gasteiger partial charge in [-0.25, -0.2) is 5.43 Å². The third kappa shape index (κ3) is 3.95. The van der Waals surface area contributed by atoms with E-state index in [-0.39, 0.29) is 24.2 Å². The van der Waals surface area contributed by atoms with Crippen LogP contribution in [0.1, 0.15) is 30.9 Å². The van der Waals surface area contributed by atoms with Crippen molar-refractivity contribution < 1.29 is 9.53 Å². The molecule has 5 rings (SSSR count). The number of hydrogen-bond donors (Lipinski definition) is 2. The first-order valence-corrected chi connectivity index (χ1v) is 11.1. The van der Waals surface area contributed by atoms with Crippen molar-refractivity contribution in [3.8, 4) is 5.75 Å². The van der Waals surface area contributed by atoms with E-state index in [1.807, 2.05) is 17.0 Å². The van der Waals surface area contributed by atoms with Gasteiger partial charge in [-0.15, -0.1) is 0 Å². The summed E-state index contributed by atoms with van der Waals surface area (Å²) < 4.78 is 5.28. The first-order chi connectivity index (χ1) is 15.1. The van der Waals surface area contributed by atoms with E-state index in [1.54, 1.807) is 7.11 Å². The minimum Gasteiger partial charge on any atom is -0.497 e. The summed E-state index contributed by atoms with van der Waals surface area (Å²) in [6, 6.07) is 8.73. The Morgan fingerprint density at radius 1 is 1.16 bits per heavy atom. The molecule has 1 aromatic rings. The van der Waals surface area contributed by atoms with Gasteiger partial charge < -0.3 is 24.4 Å². The average molecular weight is 426 g/mol. The van der Waals surface area contributed by atoms with Gasteiger partial charge in [-0.1, -0.05) is 12.1 Å². The molecular formula is C22H31N7O2. The zero-order valence-corrected chi connectivity index (χ0v) is 18.2. The predicted octanol–water partition coefficient (Wildman–Crippen LogP) is 0.899. The second-order valence-corrected chi connectivity index (χ2v) is 8.66. The number of amides is 1. The Bertz CT molecular complexity index is 863. The van der Waals surface area contributed by atoms with Gasteiger partial charge in [0, 0.05) is 51.4 Å². The molecule has 0 saturated carbocycles. The third-order valence-corrected chi connectivity index (χ3v) is 6.75. The fourth-order valence-electron chi connectivity index (χ4n) is 4.80. The molecule has 0 aliphatic carbocycles. The second kappa shape index (κ2) is 8.39. The highest BCUT2D eigenvalue weighted by atomic mass is 16.5. The number of fused-ring (bicyclic) bond motifs is 3. The molecule has 9 heteroatoms. The van der Waals surface area contributed by atoms with Crippen LogP contribution in [-0.4, -0.2) is 84.0 Å². The van der Waals surface area contributed by atoms with Gasteiger partial charge in [0.2, 0.25) is 5.91 Å². The molecule has 1 amide bonds. The summed E-state index contributed by atoms with van der Waals surface area (Å²) >= 11 is 0. The number of carbonyl (C=O) groups excluding carboxylic acids is 1. The Labute approximate surface area is 183 Å². The third-order valence-electron chi connectivity index (χ3n) is 6.75. The van der Waals surface area contributed by atoms with Crippen LogP contribution < -0.4 is 15.6 Å². The highest BCUT2D eigenvalue weighted by Gasteiger charge is 2.44. The van der Waals surface area contributed by atoms with Gasteiger partial charge in [0.1, 0.15) is 17.8 Å². The van der Waals surface area contributed by atoms with E-state index in [4.69, 9.17) is 4.74 Å². The molecule has 2 fully saturated rings. The van der Waals surface area contributed by atoms with Crippen molar-refractivity contribution in [1.29, 1.82) is 0 Å². The number of methoxy groups -OCH3 is 1. The summed E-state index contributed by atoms with van der Waals surface area (Å²) in [6.45, 7) is 3.54. The fourth-order valence-corrected chi connectivity index (χ4v) is 4.80. The van der Waals surface area contributed by atoms with E-state index in [0.29, 0.717) is 12.8 Å². The lowest BCUT2D eigenvalue weighted by molar-refractivity contribution is -0.132. The number of likely N-dealkylation sites (N-methyl/N-ethyl adjacent to an activating group) is 1.